The molecule has 1 aromatic carbocycles. The van der Waals surface area contributed by atoms with Crippen LogP contribution in [0.1, 0.15) is 11.4 Å². The molecular formula is C9H11N5O. The molecule has 0 spiro atoms. The Kier molecular flexibility index (Phi) is 2.89. The number of aromatic nitrogens is 4. The van der Waals surface area contributed by atoms with Crippen LogP contribution in [0.25, 0.3) is 0 Å². The van der Waals surface area contributed by atoms with Crippen molar-refractivity contribution in [2.45, 2.75) is 13.2 Å². The van der Waals surface area contributed by atoms with Crippen LogP contribution in [-0.4, -0.2) is 20.6 Å². The molecule has 2 aromatic rings. The number of hydrogen-bond donors (Lipinski definition) is 2. The quantitative estimate of drug-likeness (QED) is 0.746. The van der Waals surface area contributed by atoms with Crippen molar-refractivity contribution in [3.05, 3.63) is 35.7 Å². The van der Waals surface area contributed by atoms with E-state index in [9.17, 15) is 0 Å². The summed E-state index contributed by atoms with van der Waals surface area (Å²) in [6.45, 7) is 0.732. The summed E-state index contributed by atoms with van der Waals surface area (Å²) in [6.07, 6.45) is 0. The zero-order chi connectivity index (χ0) is 10.5. The van der Waals surface area contributed by atoms with Gasteiger partial charge in [-0.2, -0.15) is 5.21 Å². The summed E-state index contributed by atoms with van der Waals surface area (Å²) in [5, 5.41) is 13.4. The predicted molar refractivity (Wildman–Crippen MR) is 52.8 cm³/mol. The summed E-state index contributed by atoms with van der Waals surface area (Å²) in [6, 6.07) is 7.60. The van der Waals surface area contributed by atoms with Crippen molar-refractivity contribution >= 4 is 0 Å². The van der Waals surface area contributed by atoms with Crippen LogP contribution >= 0.6 is 0 Å². The maximum Gasteiger partial charge on any atom is 0.211 e. The van der Waals surface area contributed by atoms with Crippen LogP contribution in [-0.2, 0) is 13.2 Å². The smallest absolute Gasteiger partial charge is 0.211 e. The van der Waals surface area contributed by atoms with E-state index in [1.54, 1.807) is 0 Å². The summed E-state index contributed by atoms with van der Waals surface area (Å²) in [5.74, 6) is 1.27. The van der Waals surface area contributed by atoms with Gasteiger partial charge in [0.05, 0.1) is 0 Å². The molecule has 0 saturated heterocycles. The maximum absolute atomic E-state index is 5.57. The normalized spacial score (nSPS) is 10.2. The summed E-state index contributed by atoms with van der Waals surface area (Å²) >= 11 is 0. The lowest BCUT2D eigenvalue weighted by Gasteiger charge is -2.07. The van der Waals surface area contributed by atoms with Crippen LogP contribution in [0.5, 0.6) is 5.75 Å². The molecule has 1 heterocycles. The average Bonchev–Trinajstić information content (AvgIpc) is 2.79. The van der Waals surface area contributed by atoms with Gasteiger partial charge in [-0.1, -0.05) is 23.4 Å². The van der Waals surface area contributed by atoms with Crippen molar-refractivity contribution in [3.8, 4) is 5.75 Å². The second-order valence-electron chi connectivity index (χ2n) is 2.93. The lowest BCUT2D eigenvalue weighted by molar-refractivity contribution is 0.293. The topological polar surface area (TPSA) is 89.7 Å². The number of H-pyrrole nitrogens is 1. The van der Waals surface area contributed by atoms with E-state index in [-0.39, 0.29) is 6.61 Å². The highest BCUT2D eigenvalue weighted by Crippen LogP contribution is 2.17. The van der Waals surface area contributed by atoms with Crippen molar-refractivity contribution in [2.24, 2.45) is 5.73 Å². The highest BCUT2D eigenvalue weighted by Gasteiger charge is 2.03. The number of tetrazole rings is 1. The Balaban J connectivity index is 2.04. The van der Waals surface area contributed by atoms with Crippen molar-refractivity contribution in [2.75, 3.05) is 0 Å². The summed E-state index contributed by atoms with van der Waals surface area (Å²) in [7, 11) is 0. The van der Waals surface area contributed by atoms with Crippen molar-refractivity contribution in [1.82, 2.24) is 20.6 Å². The first kappa shape index (κ1) is 9.60. The molecule has 0 amide bonds. The summed E-state index contributed by atoms with van der Waals surface area (Å²) in [5.41, 5.74) is 6.53. The number of nitrogens with zero attached hydrogens (tertiary/aromatic N) is 3. The first-order valence-electron chi connectivity index (χ1n) is 4.53. The molecule has 78 valence electrons. The molecule has 0 aliphatic carbocycles. The van der Waals surface area contributed by atoms with Gasteiger partial charge in [0.1, 0.15) is 5.75 Å². The van der Waals surface area contributed by atoms with E-state index in [0.717, 1.165) is 11.3 Å². The molecule has 1 aromatic heterocycles. The fourth-order valence-corrected chi connectivity index (χ4v) is 1.20. The predicted octanol–water partition coefficient (Wildman–Crippen LogP) is 0.237. The van der Waals surface area contributed by atoms with Gasteiger partial charge in [-0.25, -0.2) is 0 Å². The molecular weight excluding hydrogens is 194 g/mol. The third kappa shape index (κ3) is 2.29. The van der Waals surface area contributed by atoms with Crippen LogP contribution in [0.3, 0.4) is 0 Å². The molecule has 2 rings (SSSR count). The van der Waals surface area contributed by atoms with E-state index >= 15 is 0 Å². The molecule has 0 aliphatic heterocycles. The van der Waals surface area contributed by atoms with Gasteiger partial charge in [0.25, 0.3) is 0 Å². The van der Waals surface area contributed by atoms with Crippen molar-refractivity contribution in [1.29, 1.82) is 0 Å². The van der Waals surface area contributed by atoms with Gasteiger partial charge in [0.15, 0.2) is 6.61 Å². The van der Waals surface area contributed by atoms with E-state index in [2.05, 4.69) is 20.6 Å². The fourth-order valence-electron chi connectivity index (χ4n) is 1.20. The first-order valence-corrected chi connectivity index (χ1v) is 4.53. The Labute approximate surface area is 86.4 Å². The molecule has 0 unspecified atom stereocenters. The van der Waals surface area contributed by atoms with Crippen LogP contribution in [0, 0.1) is 0 Å². The third-order valence-electron chi connectivity index (χ3n) is 1.94. The summed E-state index contributed by atoms with van der Waals surface area (Å²) < 4.78 is 5.51. The molecule has 6 heteroatoms. The molecule has 0 bridgehead atoms. The second-order valence-corrected chi connectivity index (χ2v) is 2.93. The van der Waals surface area contributed by atoms with Crippen molar-refractivity contribution < 1.29 is 4.74 Å². The van der Waals surface area contributed by atoms with Crippen LogP contribution < -0.4 is 10.5 Å². The molecule has 0 saturated carbocycles. The molecule has 15 heavy (non-hydrogen) atoms. The van der Waals surface area contributed by atoms with E-state index < -0.39 is 0 Å². The minimum absolute atomic E-state index is 0.285. The van der Waals surface area contributed by atoms with Gasteiger partial charge in [-0.3, -0.25) is 0 Å². The lowest BCUT2D eigenvalue weighted by atomic mass is 10.2. The lowest BCUT2D eigenvalue weighted by Crippen LogP contribution is -2.03. The molecule has 0 fully saturated rings. The maximum atomic E-state index is 5.57. The Morgan fingerprint density at radius 1 is 1.33 bits per heavy atom. The van der Waals surface area contributed by atoms with E-state index in [1.165, 1.54) is 0 Å². The van der Waals surface area contributed by atoms with E-state index in [0.29, 0.717) is 12.4 Å². The second kappa shape index (κ2) is 4.52. The monoisotopic (exact) mass is 205 g/mol. The minimum atomic E-state index is 0.285. The van der Waals surface area contributed by atoms with Gasteiger partial charge >= 0.3 is 0 Å². The van der Waals surface area contributed by atoms with Crippen LogP contribution in [0.4, 0.5) is 0 Å². The number of hydrogen-bond acceptors (Lipinski definition) is 5. The zero-order valence-electron chi connectivity index (χ0n) is 8.05. The Bertz CT molecular complexity index is 414. The first-order chi connectivity index (χ1) is 7.40. The third-order valence-corrected chi connectivity index (χ3v) is 1.94. The number of benzene rings is 1. The Morgan fingerprint density at radius 2 is 2.20 bits per heavy atom. The molecule has 6 nitrogen and oxygen atoms in total. The molecule has 0 atom stereocenters. The highest BCUT2D eigenvalue weighted by atomic mass is 16.5. The highest BCUT2D eigenvalue weighted by molar-refractivity contribution is 5.32. The number of aromatic amines is 1. The van der Waals surface area contributed by atoms with E-state index in [4.69, 9.17) is 10.5 Å². The molecule has 0 radical (unpaired) electrons. The SMILES string of the molecule is NCc1ccccc1OCc1nn[nH]n1. The molecule has 0 aliphatic rings. The zero-order valence-corrected chi connectivity index (χ0v) is 8.05. The average molecular weight is 205 g/mol. The summed E-state index contributed by atoms with van der Waals surface area (Å²) in [4.78, 5) is 0. The van der Waals surface area contributed by atoms with Crippen molar-refractivity contribution in [3.63, 3.8) is 0 Å². The standard InChI is InChI=1S/C9H11N5O/c10-5-7-3-1-2-4-8(7)15-6-9-11-13-14-12-9/h1-4H,5-6,10H2,(H,11,12,13,14). The minimum Gasteiger partial charge on any atom is -0.485 e. The number of rotatable bonds is 4. The van der Waals surface area contributed by atoms with Gasteiger partial charge in [-0.05, 0) is 6.07 Å². The van der Waals surface area contributed by atoms with Gasteiger partial charge in [0, 0.05) is 12.1 Å². The van der Waals surface area contributed by atoms with Crippen LogP contribution in [0.2, 0.25) is 0 Å². The largest absolute Gasteiger partial charge is 0.485 e. The van der Waals surface area contributed by atoms with Gasteiger partial charge in [0.2, 0.25) is 5.82 Å². The van der Waals surface area contributed by atoms with Crippen LogP contribution in [0.15, 0.2) is 24.3 Å². The molecule has 3 N–H and O–H groups in total. The Morgan fingerprint density at radius 3 is 2.93 bits per heavy atom. The number of nitrogens with one attached hydrogen (secondary N) is 1. The number of nitrogens with two attached hydrogens (primary N) is 1. The fraction of sp³-hybridized carbons (Fsp3) is 0.222. The number of para-hydroxylation sites is 1. The van der Waals surface area contributed by atoms with Gasteiger partial charge in [-0.15, -0.1) is 10.2 Å². The van der Waals surface area contributed by atoms with E-state index in [1.807, 2.05) is 24.3 Å². The number of ether oxygens (including phenoxy) is 1. The van der Waals surface area contributed by atoms with Gasteiger partial charge < -0.3 is 10.5 Å². The Hall–Kier alpha value is -1.95.